The molecule has 6 nitrogen and oxygen atoms in total. The van der Waals surface area contributed by atoms with Gasteiger partial charge < -0.3 is 8.83 Å². The fourth-order valence-electron chi connectivity index (χ4n) is 3.66. The van der Waals surface area contributed by atoms with Gasteiger partial charge in [-0.05, 0) is 62.8 Å². The Hall–Kier alpha value is -2.45. The Labute approximate surface area is 183 Å². The van der Waals surface area contributed by atoms with Crippen LogP contribution in [0.15, 0.2) is 44.4 Å². The van der Waals surface area contributed by atoms with Gasteiger partial charge in [0.05, 0.1) is 10.1 Å². The Morgan fingerprint density at radius 1 is 1.10 bits per heavy atom. The molecule has 1 aliphatic rings. The van der Waals surface area contributed by atoms with Crippen molar-refractivity contribution in [3.05, 3.63) is 52.2 Å². The lowest BCUT2D eigenvalue weighted by molar-refractivity contribution is 0.462. The molecule has 0 spiro atoms. The molecule has 0 fully saturated rings. The van der Waals surface area contributed by atoms with Crippen LogP contribution in [0.4, 0.5) is 0 Å². The van der Waals surface area contributed by atoms with E-state index in [-0.39, 0.29) is 5.25 Å². The molecular weight excluding hydrogens is 416 g/mol. The van der Waals surface area contributed by atoms with E-state index < -0.39 is 0 Å². The highest BCUT2D eigenvalue weighted by molar-refractivity contribution is 7.99. The van der Waals surface area contributed by atoms with Crippen molar-refractivity contribution in [2.24, 2.45) is 5.92 Å². The smallest absolute Gasteiger partial charge is 0.277 e. The highest BCUT2D eigenvalue weighted by atomic mass is 32.2. The van der Waals surface area contributed by atoms with E-state index in [1.54, 1.807) is 11.3 Å². The van der Waals surface area contributed by atoms with E-state index in [1.807, 2.05) is 38.1 Å². The molecule has 0 aliphatic heterocycles. The minimum absolute atomic E-state index is 0.0956. The van der Waals surface area contributed by atoms with Gasteiger partial charge in [0, 0.05) is 10.4 Å². The SMILES string of the molecule is Cc1cccc(-c2nnc([C@@H](C)Sc3nnc(-c4cc5c(s4)CC[C@@H](C)C5)o3)o2)c1. The van der Waals surface area contributed by atoms with Crippen molar-refractivity contribution in [1.29, 1.82) is 0 Å². The van der Waals surface area contributed by atoms with Crippen molar-refractivity contribution in [2.75, 3.05) is 0 Å². The van der Waals surface area contributed by atoms with Gasteiger partial charge in [-0.2, -0.15) is 0 Å². The molecule has 30 heavy (non-hydrogen) atoms. The number of hydrogen-bond donors (Lipinski definition) is 0. The number of fused-ring (bicyclic) bond motifs is 1. The highest BCUT2D eigenvalue weighted by Gasteiger charge is 2.23. The predicted octanol–water partition coefficient (Wildman–Crippen LogP) is 6.13. The molecule has 0 saturated heterocycles. The van der Waals surface area contributed by atoms with Gasteiger partial charge in [-0.15, -0.1) is 31.7 Å². The summed E-state index contributed by atoms with van der Waals surface area (Å²) in [4.78, 5) is 2.51. The zero-order valence-corrected chi connectivity index (χ0v) is 18.7. The third kappa shape index (κ3) is 3.94. The molecule has 154 valence electrons. The highest BCUT2D eigenvalue weighted by Crippen LogP contribution is 2.39. The molecule has 4 aromatic rings. The van der Waals surface area contributed by atoms with Gasteiger partial charge >= 0.3 is 0 Å². The Morgan fingerprint density at radius 3 is 2.83 bits per heavy atom. The molecule has 0 N–H and O–H groups in total. The Bertz CT molecular complexity index is 1180. The second-order valence-electron chi connectivity index (χ2n) is 7.86. The number of hydrogen-bond acceptors (Lipinski definition) is 8. The van der Waals surface area contributed by atoms with Crippen LogP contribution in [0.3, 0.4) is 0 Å². The molecule has 0 bridgehead atoms. The second-order valence-corrected chi connectivity index (χ2v) is 10.3. The third-order valence-electron chi connectivity index (χ3n) is 5.28. The maximum atomic E-state index is 5.93. The standard InChI is InChI=1S/C22H22N4O2S2/c1-12-5-4-6-15(9-12)20-24-23-19(27-20)14(3)29-22-26-25-21(28-22)18-11-16-10-13(2)7-8-17(16)30-18/h4-6,9,11,13-14H,7-8,10H2,1-3H3/t13-,14-/m1/s1. The van der Waals surface area contributed by atoms with Gasteiger partial charge in [0.25, 0.3) is 11.1 Å². The van der Waals surface area contributed by atoms with E-state index >= 15 is 0 Å². The van der Waals surface area contributed by atoms with Crippen molar-refractivity contribution in [3.63, 3.8) is 0 Å². The minimum atomic E-state index is -0.0956. The van der Waals surface area contributed by atoms with Gasteiger partial charge in [-0.3, -0.25) is 0 Å². The van der Waals surface area contributed by atoms with Crippen LogP contribution in [0, 0.1) is 12.8 Å². The van der Waals surface area contributed by atoms with Gasteiger partial charge in [0.15, 0.2) is 0 Å². The van der Waals surface area contributed by atoms with E-state index in [4.69, 9.17) is 8.83 Å². The van der Waals surface area contributed by atoms with Gasteiger partial charge in [0.1, 0.15) is 0 Å². The first kappa shape index (κ1) is 19.5. The summed E-state index contributed by atoms with van der Waals surface area (Å²) >= 11 is 3.20. The normalized spacial score (nSPS) is 17.1. The predicted molar refractivity (Wildman–Crippen MR) is 118 cm³/mol. The summed E-state index contributed by atoms with van der Waals surface area (Å²) < 4.78 is 11.8. The number of aryl methyl sites for hydroxylation is 2. The molecule has 1 aromatic carbocycles. The number of thiophene rings is 1. The van der Waals surface area contributed by atoms with E-state index in [1.165, 1.54) is 28.6 Å². The van der Waals surface area contributed by atoms with Crippen LogP contribution in [-0.4, -0.2) is 20.4 Å². The molecule has 8 heteroatoms. The summed E-state index contributed by atoms with van der Waals surface area (Å²) in [7, 11) is 0. The Kier molecular flexibility index (Phi) is 5.20. The number of nitrogens with zero attached hydrogens (tertiary/aromatic N) is 4. The Morgan fingerprint density at radius 2 is 1.97 bits per heavy atom. The van der Waals surface area contributed by atoms with E-state index in [0.29, 0.717) is 22.9 Å². The number of rotatable bonds is 5. The van der Waals surface area contributed by atoms with Gasteiger partial charge in [-0.1, -0.05) is 36.4 Å². The van der Waals surface area contributed by atoms with Crippen LogP contribution in [0.25, 0.3) is 22.2 Å². The fraction of sp³-hybridized carbons (Fsp3) is 0.364. The summed E-state index contributed by atoms with van der Waals surface area (Å²) in [5, 5.41) is 17.3. The molecule has 5 rings (SSSR count). The second kappa shape index (κ2) is 8.00. The van der Waals surface area contributed by atoms with Crippen LogP contribution in [0.1, 0.15) is 47.4 Å². The third-order valence-corrected chi connectivity index (χ3v) is 7.42. The fourth-order valence-corrected chi connectivity index (χ4v) is 5.51. The molecule has 2 atom stereocenters. The molecule has 0 radical (unpaired) electrons. The van der Waals surface area contributed by atoms with Crippen LogP contribution in [0.5, 0.6) is 0 Å². The average Bonchev–Trinajstić information content (AvgIpc) is 3.46. The minimum Gasteiger partial charge on any atom is -0.419 e. The van der Waals surface area contributed by atoms with Gasteiger partial charge in [0.2, 0.25) is 11.8 Å². The zero-order chi connectivity index (χ0) is 20.7. The van der Waals surface area contributed by atoms with Crippen LogP contribution in [-0.2, 0) is 12.8 Å². The molecule has 0 saturated carbocycles. The first-order chi connectivity index (χ1) is 14.5. The van der Waals surface area contributed by atoms with Crippen LogP contribution >= 0.6 is 23.1 Å². The van der Waals surface area contributed by atoms with Crippen molar-refractivity contribution in [1.82, 2.24) is 20.4 Å². The lowest BCUT2D eigenvalue weighted by Gasteiger charge is -2.16. The summed E-state index contributed by atoms with van der Waals surface area (Å²) in [6.45, 7) is 6.34. The quantitative estimate of drug-likeness (QED) is 0.347. The Balaban J connectivity index is 1.30. The number of aromatic nitrogens is 4. The number of thioether (sulfide) groups is 1. The molecule has 3 heterocycles. The first-order valence-electron chi connectivity index (χ1n) is 10.1. The lowest BCUT2D eigenvalue weighted by atomic mass is 9.90. The summed E-state index contributed by atoms with van der Waals surface area (Å²) in [5.41, 5.74) is 3.50. The molecule has 0 unspecified atom stereocenters. The van der Waals surface area contributed by atoms with Crippen molar-refractivity contribution in [3.8, 4) is 22.2 Å². The van der Waals surface area contributed by atoms with E-state index in [0.717, 1.165) is 34.8 Å². The largest absolute Gasteiger partial charge is 0.419 e. The molecule has 3 aromatic heterocycles. The van der Waals surface area contributed by atoms with Crippen molar-refractivity contribution < 1.29 is 8.83 Å². The molecule has 0 amide bonds. The monoisotopic (exact) mass is 438 g/mol. The van der Waals surface area contributed by atoms with Crippen molar-refractivity contribution in [2.45, 2.75) is 50.5 Å². The van der Waals surface area contributed by atoms with E-state index in [9.17, 15) is 0 Å². The molecular formula is C22H22N4O2S2. The van der Waals surface area contributed by atoms with Crippen molar-refractivity contribution >= 4 is 23.1 Å². The maximum Gasteiger partial charge on any atom is 0.277 e. The number of benzene rings is 1. The first-order valence-corrected chi connectivity index (χ1v) is 11.8. The summed E-state index contributed by atoms with van der Waals surface area (Å²) in [6, 6.07) is 10.2. The average molecular weight is 439 g/mol. The topological polar surface area (TPSA) is 77.8 Å². The summed E-state index contributed by atoms with van der Waals surface area (Å²) in [6.07, 6.45) is 3.54. The zero-order valence-electron chi connectivity index (χ0n) is 17.1. The maximum absolute atomic E-state index is 5.93. The van der Waals surface area contributed by atoms with E-state index in [2.05, 4.69) is 33.4 Å². The van der Waals surface area contributed by atoms with Crippen LogP contribution < -0.4 is 0 Å². The van der Waals surface area contributed by atoms with Crippen LogP contribution in [0.2, 0.25) is 0 Å². The van der Waals surface area contributed by atoms with Gasteiger partial charge in [-0.25, -0.2) is 0 Å². The molecule has 1 aliphatic carbocycles. The lowest BCUT2D eigenvalue weighted by Crippen LogP contribution is -2.07. The summed E-state index contributed by atoms with van der Waals surface area (Å²) in [5.74, 6) is 2.39.